The van der Waals surface area contributed by atoms with E-state index in [4.69, 9.17) is 19.9 Å². The number of halogens is 1. The molecule has 1 saturated heterocycles. The maximum atomic E-state index is 14.1. The van der Waals surface area contributed by atoms with Crippen LogP contribution in [0.15, 0.2) is 42.9 Å². The van der Waals surface area contributed by atoms with Crippen molar-refractivity contribution in [1.29, 1.82) is 0 Å². The minimum atomic E-state index is -1.87. The molecule has 2 saturated carbocycles. The monoisotopic (exact) mass is 522 g/mol. The van der Waals surface area contributed by atoms with Crippen LogP contribution in [0.2, 0.25) is 0 Å². The van der Waals surface area contributed by atoms with Gasteiger partial charge in [0.1, 0.15) is 17.6 Å². The lowest BCUT2D eigenvalue weighted by atomic mass is 9.85. The Morgan fingerprint density at radius 1 is 1.18 bits per heavy atom. The summed E-state index contributed by atoms with van der Waals surface area (Å²) >= 11 is 0. The maximum Gasteiger partial charge on any atom is 0.263 e. The van der Waals surface area contributed by atoms with E-state index < -0.39 is 23.3 Å². The highest BCUT2D eigenvalue weighted by atomic mass is 19.1. The van der Waals surface area contributed by atoms with Crippen molar-refractivity contribution in [3.05, 3.63) is 48.4 Å². The number of carbonyl (C=O) groups excluding carboxylic acids is 2. The van der Waals surface area contributed by atoms with Crippen molar-refractivity contribution in [2.75, 3.05) is 31.0 Å². The van der Waals surface area contributed by atoms with Gasteiger partial charge in [0.05, 0.1) is 43.5 Å². The normalized spacial score (nSPS) is 20.5. The lowest BCUT2D eigenvalue weighted by Crippen LogP contribution is -2.49. The number of hydrogen-bond acceptors (Lipinski definition) is 8. The Balaban J connectivity index is 1.29. The first kappa shape index (κ1) is 24.3. The van der Waals surface area contributed by atoms with E-state index in [9.17, 15) is 14.0 Å². The molecule has 3 aromatic rings. The Kier molecular flexibility index (Phi) is 5.80. The smallest absolute Gasteiger partial charge is 0.263 e. The van der Waals surface area contributed by atoms with E-state index in [2.05, 4.69) is 20.7 Å². The van der Waals surface area contributed by atoms with E-state index >= 15 is 0 Å². The number of pyridine rings is 1. The minimum Gasteiger partial charge on any atom is -0.494 e. The van der Waals surface area contributed by atoms with Crippen LogP contribution in [0.4, 0.5) is 21.6 Å². The molecule has 4 N–H and O–H groups in total. The SMILES string of the molecule is COc1c(Nc2cc(NC(=O)C3(F)CC3)ncc2C(N)=O)cccc1-c1cnn([C@@H]2CCC23OCCO3)c1. The van der Waals surface area contributed by atoms with Gasteiger partial charge in [-0.3, -0.25) is 14.3 Å². The van der Waals surface area contributed by atoms with E-state index in [1.54, 1.807) is 19.4 Å². The third-order valence-electron chi connectivity index (χ3n) is 7.28. The van der Waals surface area contributed by atoms with Crippen molar-refractivity contribution in [1.82, 2.24) is 14.8 Å². The van der Waals surface area contributed by atoms with Crippen LogP contribution < -0.4 is 21.1 Å². The van der Waals surface area contributed by atoms with Gasteiger partial charge in [-0.1, -0.05) is 12.1 Å². The van der Waals surface area contributed by atoms with Crippen LogP contribution in [0, 0.1) is 0 Å². The first-order chi connectivity index (χ1) is 18.3. The predicted molar refractivity (Wildman–Crippen MR) is 135 cm³/mol. The highest BCUT2D eigenvalue weighted by molar-refractivity contribution is 6.02. The van der Waals surface area contributed by atoms with Crippen LogP contribution in [-0.2, 0) is 14.3 Å². The molecular formula is C26H27FN6O5. The molecule has 1 atom stereocenters. The number of alkyl halides is 1. The van der Waals surface area contributed by atoms with Gasteiger partial charge in [-0.15, -0.1) is 0 Å². The second kappa shape index (κ2) is 9.07. The van der Waals surface area contributed by atoms with Crippen LogP contribution in [0.25, 0.3) is 11.1 Å². The van der Waals surface area contributed by atoms with Crippen LogP contribution in [0.3, 0.4) is 0 Å². The number of primary amides is 1. The zero-order valence-electron chi connectivity index (χ0n) is 20.7. The van der Waals surface area contributed by atoms with Crippen molar-refractivity contribution in [2.45, 2.75) is 43.2 Å². The zero-order chi connectivity index (χ0) is 26.5. The van der Waals surface area contributed by atoms with Crippen LogP contribution in [-0.4, -0.2) is 58.4 Å². The number of methoxy groups -OCH3 is 1. The molecule has 2 amide bonds. The van der Waals surface area contributed by atoms with Gasteiger partial charge in [-0.25, -0.2) is 9.37 Å². The maximum absolute atomic E-state index is 14.1. The lowest BCUT2D eigenvalue weighted by molar-refractivity contribution is -0.242. The van der Waals surface area contributed by atoms with E-state index in [0.717, 1.165) is 24.0 Å². The van der Waals surface area contributed by atoms with Crippen molar-refractivity contribution in [3.63, 3.8) is 0 Å². The Bertz CT molecular complexity index is 1410. The minimum absolute atomic E-state index is 0.00581. The van der Waals surface area contributed by atoms with Crippen LogP contribution in [0.1, 0.15) is 42.1 Å². The second-order valence-corrected chi connectivity index (χ2v) is 9.68. The number of nitrogens with zero attached hydrogens (tertiary/aromatic N) is 3. The summed E-state index contributed by atoms with van der Waals surface area (Å²) in [7, 11) is 1.54. The molecule has 1 aliphatic heterocycles. The largest absolute Gasteiger partial charge is 0.494 e. The number of nitrogens with two attached hydrogens (primary N) is 1. The summed E-state index contributed by atoms with van der Waals surface area (Å²) in [5, 5.41) is 10.2. The highest BCUT2D eigenvalue weighted by Gasteiger charge is 2.53. The molecular weight excluding hydrogens is 495 g/mol. The number of hydrogen-bond donors (Lipinski definition) is 3. The van der Waals surface area contributed by atoms with Gasteiger partial charge >= 0.3 is 0 Å². The Labute approximate surface area is 217 Å². The quantitative estimate of drug-likeness (QED) is 0.409. The summed E-state index contributed by atoms with van der Waals surface area (Å²) in [5.41, 5.74) is 6.19. The molecule has 3 fully saturated rings. The van der Waals surface area contributed by atoms with Gasteiger partial charge in [0.15, 0.2) is 11.5 Å². The lowest BCUT2D eigenvalue weighted by Gasteiger charge is -2.44. The van der Waals surface area contributed by atoms with E-state index in [1.165, 1.54) is 12.3 Å². The molecule has 2 aliphatic carbocycles. The predicted octanol–water partition coefficient (Wildman–Crippen LogP) is 3.31. The topological polar surface area (TPSA) is 143 Å². The number of para-hydroxylation sites is 1. The standard InChI is InChI=1S/C26H27FN6O5/c1-36-22-16(15-12-30-33(14-15)20-5-6-26(20)37-9-10-38-26)3-2-4-18(22)31-19-11-21(29-13-17(19)23(28)34)32-24(35)25(27)7-8-25/h2-4,11-14,20H,5-10H2,1H3,(H2,28,34)(H2,29,31,32,35)/t20-/m1/s1. The number of carbonyl (C=O) groups is 2. The third kappa shape index (κ3) is 4.15. The molecule has 1 aromatic carbocycles. The fourth-order valence-corrected chi connectivity index (χ4v) is 4.91. The molecule has 6 rings (SSSR count). The van der Waals surface area contributed by atoms with Crippen molar-refractivity contribution < 1.29 is 28.2 Å². The Hall–Kier alpha value is -4.03. The van der Waals surface area contributed by atoms with E-state index in [0.29, 0.717) is 24.7 Å². The molecule has 0 radical (unpaired) electrons. The molecule has 3 aliphatic rings. The third-order valence-corrected chi connectivity index (χ3v) is 7.28. The van der Waals surface area contributed by atoms with Crippen molar-refractivity contribution in [3.8, 4) is 16.9 Å². The Morgan fingerprint density at radius 3 is 2.63 bits per heavy atom. The first-order valence-corrected chi connectivity index (χ1v) is 12.4. The molecule has 0 bridgehead atoms. The van der Waals surface area contributed by atoms with Crippen LogP contribution >= 0.6 is 0 Å². The summed E-state index contributed by atoms with van der Waals surface area (Å²) in [4.78, 5) is 28.3. The molecule has 12 heteroatoms. The van der Waals surface area contributed by atoms with Gasteiger partial charge in [0.2, 0.25) is 0 Å². The fourth-order valence-electron chi connectivity index (χ4n) is 4.91. The number of aromatic nitrogens is 3. The molecule has 38 heavy (non-hydrogen) atoms. The Morgan fingerprint density at radius 2 is 1.97 bits per heavy atom. The fraction of sp³-hybridized carbons (Fsp3) is 0.385. The summed E-state index contributed by atoms with van der Waals surface area (Å²) in [6, 6.07) is 6.94. The molecule has 2 aromatic heterocycles. The van der Waals surface area contributed by atoms with E-state index in [1.807, 2.05) is 23.0 Å². The number of anilines is 3. The molecule has 1 spiro atoms. The molecule has 11 nitrogen and oxygen atoms in total. The number of benzene rings is 1. The van der Waals surface area contributed by atoms with Gasteiger partial charge in [0, 0.05) is 36.0 Å². The number of ether oxygens (including phenoxy) is 3. The average Bonchev–Trinajstić information content (AvgIpc) is 3.27. The average molecular weight is 523 g/mol. The highest BCUT2D eigenvalue weighted by Crippen LogP contribution is 2.49. The number of rotatable bonds is 8. The van der Waals surface area contributed by atoms with Gasteiger partial charge < -0.3 is 30.6 Å². The molecule has 3 heterocycles. The van der Waals surface area contributed by atoms with Gasteiger partial charge in [-0.05, 0) is 25.3 Å². The summed E-state index contributed by atoms with van der Waals surface area (Å²) < 4.78 is 33.5. The summed E-state index contributed by atoms with van der Waals surface area (Å²) in [5.74, 6) is -1.49. The molecule has 0 unspecified atom stereocenters. The van der Waals surface area contributed by atoms with Crippen LogP contribution in [0.5, 0.6) is 5.75 Å². The van der Waals surface area contributed by atoms with Gasteiger partial charge in [0.25, 0.3) is 11.8 Å². The summed E-state index contributed by atoms with van der Waals surface area (Å²) in [6.45, 7) is 1.16. The second-order valence-electron chi connectivity index (χ2n) is 9.68. The number of nitrogens with one attached hydrogen (secondary N) is 2. The van der Waals surface area contributed by atoms with E-state index in [-0.39, 0.29) is 36.0 Å². The van der Waals surface area contributed by atoms with Crippen molar-refractivity contribution >= 4 is 29.0 Å². The zero-order valence-corrected chi connectivity index (χ0v) is 20.7. The van der Waals surface area contributed by atoms with Crippen molar-refractivity contribution in [2.24, 2.45) is 5.73 Å². The first-order valence-electron chi connectivity index (χ1n) is 12.4. The summed E-state index contributed by atoms with van der Waals surface area (Å²) in [6.07, 6.45) is 7.00. The molecule has 198 valence electrons. The van der Waals surface area contributed by atoms with Gasteiger partial charge in [-0.2, -0.15) is 5.10 Å². The number of amides is 2.